The van der Waals surface area contributed by atoms with E-state index < -0.39 is 0 Å². The number of rotatable bonds is 3. The number of hydrogen-bond acceptors (Lipinski definition) is 2. The van der Waals surface area contributed by atoms with E-state index in [1.165, 1.54) is 24.8 Å². The molecule has 2 nitrogen and oxygen atoms in total. The minimum absolute atomic E-state index is 0.651. The van der Waals surface area contributed by atoms with Crippen molar-refractivity contribution in [1.29, 1.82) is 0 Å². The topological polar surface area (TPSA) is 16.1 Å². The molecular weight excluding hydrogens is 268 g/mol. The first-order valence-electron chi connectivity index (χ1n) is 7.43. The van der Waals surface area contributed by atoms with Gasteiger partial charge in [-0.2, -0.15) is 0 Å². The third-order valence-electron chi connectivity index (χ3n) is 4.31. The Morgan fingerprint density at radius 2 is 2.15 bits per heavy atom. The van der Waals surface area contributed by atoms with Gasteiger partial charge >= 0.3 is 0 Å². The molecule has 1 aliphatic rings. The Morgan fingerprint density at radius 3 is 2.95 bits per heavy atom. The average Bonchev–Trinajstić information content (AvgIpc) is 2.88. The molecule has 2 aromatic rings. The number of para-hydroxylation sites is 1. The van der Waals surface area contributed by atoms with E-state index in [-0.39, 0.29) is 0 Å². The fraction of sp³-hybridized carbons (Fsp3) is 0.471. The van der Waals surface area contributed by atoms with Crippen LogP contribution in [0.2, 0.25) is 5.15 Å². The monoisotopic (exact) mass is 288 g/mol. The van der Waals surface area contributed by atoms with Gasteiger partial charge in [-0.1, -0.05) is 43.6 Å². The van der Waals surface area contributed by atoms with Crippen LogP contribution >= 0.6 is 11.6 Å². The normalized spacial score (nSPS) is 20.1. The fourth-order valence-corrected chi connectivity index (χ4v) is 3.47. The molecule has 1 saturated heterocycles. The molecule has 0 aliphatic carbocycles. The number of nitrogens with zero attached hydrogens (tertiary/aromatic N) is 2. The second kappa shape index (κ2) is 5.71. The predicted molar refractivity (Wildman–Crippen MR) is 85.0 cm³/mol. The number of fused-ring (bicyclic) bond motifs is 1. The van der Waals surface area contributed by atoms with Gasteiger partial charge in [0.2, 0.25) is 0 Å². The average molecular weight is 289 g/mol. The summed E-state index contributed by atoms with van der Waals surface area (Å²) < 4.78 is 0. The Bertz CT molecular complexity index is 609. The van der Waals surface area contributed by atoms with E-state index in [1.54, 1.807) is 0 Å². The lowest BCUT2D eigenvalue weighted by atomic mass is 10.0. The van der Waals surface area contributed by atoms with Crippen LogP contribution in [-0.4, -0.2) is 22.5 Å². The lowest BCUT2D eigenvalue weighted by Gasteiger charge is -2.27. The molecule has 1 aromatic carbocycles. The Hall–Kier alpha value is -1.12. The number of pyridine rings is 1. The predicted octanol–water partition coefficient (Wildman–Crippen LogP) is 4.51. The Kier molecular flexibility index (Phi) is 3.95. The van der Waals surface area contributed by atoms with Gasteiger partial charge in [0, 0.05) is 23.5 Å². The standard InChI is InChI=1S/C17H21ClN2/c1-12(2)16-8-5-9-20(16)11-14-10-13-6-3-4-7-15(13)19-17(14)18/h3-4,6-7,10,12,16H,5,8-9,11H2,1-2H3. The van der Waals surface area contributed by atoms with Gasteiger partial charge in [0.15, 0.2) is 0 Å². The molecule has 1 aromatic heterocycles. The third-order valence-corrected chi connectivity index (χ3v) is 4.63. The lowest BCUT2D eigenvalue weighted by Crippen LogP contribution is -2.33. The zero-order valence-electron chi connectivity index (χ0n) is 12.1. The number of benzene rings is 1. The van der Waals surface area contributed by atoms with E-state index in [0.29, 0.717) is 17.1 Å². The maximum Gasteiger partial charge on any atom is 0.134 e. The minimum Gasteiger partial charge on any atom is -0.296 e. The van der Waals surface area contributed by atoms with Gasteiger partial charge < -0.3 is 0 Å². The van der Waals surface area contributed by atoms with Crippen LogP contribution < -0.4 is 0 Å². The van der Waals surface area contributed by atoms with Gasteiger partial charge in [0.1, 0.15) is 5.15 Å². The summed E-state index contributed by atoms with van der Waals surface area (Å²) >= 11 is 6.37. The van der Waals surface area contributed by atoms with Crippen molar-refractivity contribution < 1.29 is 0 Å². The van der Waals surface area contributed by atoms with Crippen LogP contribution in [0.1, 0.15) is 32.3 Å². The summed E-state index contributed by atoms with van der Waals surface area (Å²) in [5.74, 6) is 0.699. The zero-order valence-corrected chi connectivity index (χ0v) is 12.9. The summed E-state index contributed by atoms with van der Waals surface area (Å²) in [7, 11) is 0. The molecule has 1 fully saturated rings. The van der Waals surface area contributed by atoms with Gasteiger partial charge in [-0.15, -0.1) is 0 Å². The summed E-state index contributed by atoms with van der Waals surface area (Å²) in [6, 6.07) is 11.0. The van der Waals surface area contributed by atoms with Gasteiger partial charge in [-0.05, 0) is 37.4 Å². The Labute approximate surface area is 125 Å². The van der Waals surface area contributed by atoms with Crippen molar-refractivity contribution in [2.75, 3.05) is 6.54 Å². The first-order chi connectivity index (χ1) is 9.65. The number of hydrogen-bond donors (Lipinski definition) is 0. The maximum atomic E-state index is 6.37. The highest BCUT2D eigenvalue weighted by Gasteiger charge is 2.27. The molecule has 0 bridgehead atoms. The number of aromatic nitrogens is 1. The van der Waals surface area contributed by atoms with E-state index in [0.717, 1.165) is 17.6 Å². The molecule has 3 heteroatoms. The van der Waals surface area contributed by atoms with Crippen LogP contribution in [-0.2, 0) is 6.54 Å². The van der Waals surface area contributed by atoms with E-state index in [2.05, 4.69) is 41.9 Å². The van der Waals surface area contributed by atoms with Crippen LogP contribution in [0.5, 0.6) is 0 Å². The summed E-state index contributed by atoms with van der Waals surface area (Å²) in [6.07, 6.45) is 2.60. The fourth-order valence-electron chi connectivity index (χ4n) is 3.27. The van der Waals surface area contributed by atoms with Crippen LogP contribution in [0.3, 0.4) is 0 Å². The van der Waals surface area contributed by atoms with Gasteiger partial charge in [-0.3, -0.25) is 4.90 Å². The summed E-state index contributed by atoms with van der Waals surface area (Å²) in [6.45, 7) is 6.71. The molecule has 0 spiro atoms. The quantitative estimate of drug-likeness (QED) is 0.773. The zero-order chi connectivity index (χ0) is 14.1. The van der Waals surface area contributed by atoms with E-state index in [1.807, 2.05) is 12.1 Å². The van der Waals surface area contributed by atoms with Crippen molar-refractivity contribution in [1.82, 2.24) is 9.88 Å². The molecule has 3 rings (SSSR count). The minimum atomic E-state index is 0.651. The molecule has 2 heterocycles. The molecule has 1 atom stereocenters. The number of halogens is 1. The first-order valence-corrected chi connectivity index (χ1v) is 7.81. The van der Waals surface area contributed by atoms with Crippen molar-refractivity contribution in [3.8, 4) is 0 Å². The molecule has 20 heavy (non-hydrogen) atoms. The molecule has 0 saturated carbocycles. The van der Waals surface area contributed by atoms with Crippen molar-refractivity contribution in [3.05, 3.63) is 41.0 Å². The second-order valence-corrected chi connectivity index (χ2v) is 6.41. The van der Waals surface area contributed by atoms with E-state index >= 15 is 0 Å². The molecule has 1 unspecified atom stereocenters. The summed E-state index contributed by atoms with van der Waals surface area (Å²) in [4.78, 5) is 7.08. The Morgan fingerprint density at radius 1 is 1.35 bits per heavy atom. The largest absolute Gasteiger partial charge is 0.296 e. The summed E-state index contributed by atoms with van der Waals surface area (Å²) in [5.41, 5.74) is 2.13. The SMILES string of the molecule is CC(C)C1CCCN1Cc1cc2ccccc2nc1Cl. The van der Waals surface area contributed by atoms with Crippen molar-refractivity contribution in [2.45, 2.75) is 39.3 Å². The van der Waals surface area contributed by atoms with Crippen molar-refractivity contribution in [3.63, 3.8) is 0 Å². The maximum absolute atomic E-state index is 6.37. The molecule has 106 valence electrons. The molecule has 0 amide bonds. The first kappa shape index (κ1) is 13.8. The van der Waals surface area contributed by atoms with Gasteiger partial charge in [0.05, 0.1) is 5.52 Å². The highest BCUT2D eigenvalue weighted by Crippen LogP contribution is 2.28. The summed E-state index contributed by atoms with van der Waals surface area (Å²) in [5, 5.41) is 1.82. The van der Waals surface area contributed by atoms with E-state index in [4.69, 9.17) is 11.6 Å². The van der Waals surface area contributed by atoms with Crippen LogP contribution in [0.15, 0.2) is 30.3 Å². The van der Waals surface area contributed by atoms with Gasteiger partial charge in [0.25, 0.3) is 0 Å². The smallest absolute Gasteiger partial charge is 0.134 e. The molecular formula is C17H21ClN2. The lowest BCUT2D eigenvalue weighted by molar-refractivity contribution is 0.199. The highest BCUT2D eigenvalue weighted by molar-refractivity contribution is 6.30. The van der Waals surface area contributed by atoms with Crippen molar-refractivity contribution in [2.24, 2.45) is 5.92 Å². The Balaban J connectivity index is 1.88. The van der Waals surface area contributed by atoms with E-state index in [9.17, 15) is 0 Å². The molecule has 0 N–H and O–H groups in total. The molecule has 0 radical (unpaired) electrons. The second-order valence-electron chi connectivity index (χ2n) is 6.06. The van der Waals surface area contributed by atoms with Crippen molar-refractivity contribution >= 4 is 22.5 Å². The highest BCUT2D eigenvalue weighted by atomic mass is 35.5. The van der Waals surface area contributed by atoms with Crippen LogP contribution in [0.4, 0.5) is 0 Å². The van der Waals surface area contributed by atoms with Gasteiger partial charge in [-0.25, -0.2) is 4.98 Å². The van der Waals surface area contributed by atoms with Crippen LogP contribution in [0.25, 0.3) is 10.9 Å². The van der Waals surface area contributed by atoms with Crippen LogP contribution in [0, 0.1) is 5.92 Å². The number of likely N-dealkylation sites (tertiary alicyclic amines) is 1. The third kappa shape index (κ3) is 2.68. The molecule has 1 aliphatic heterocycles.